The van der Waals surface area contributed by atoms with E-state index in [4.69, 9.17) is 11.0 Å². The number of nitrogen functional groups attached to an aromatic ring is 1. The maximum Gasteiger partial charge on any atom is 0.142 e. The van der Waals surface area contributed by atoms with Crippen LogP contribution in [0.5, 0.6) is 0 Å². The van der Waals surface area contributed by atoms with Gasteiger partial charge in [-0.25, -0.2) is 9.37 Å². The number of nitrogens with two attached hydrogens (primary N) is 1. The predicted octanol–water partition coefficient (Wildman–Crippen LogP) is 3.10. The molecule has 0 radical (unpaired) electrons. The maximum atomic E-state index is 13.6. The lowest BCUT2D eigenvalue weighted by molar-refractivity contribution is 0.630. The molecule has 0 saturated heterocycles. The Labute approximate surface area is 106 Å². The van der Waals surface area contributed by atoms with Gasteiger partial charge in [0.05, 0.1) is 11.3 Å². The number of rotatable bonds is 1. The van der Waals surface area contributed by atoms with Gasteiger partial charge in [0.2, 0.25) is 0 Å². The van der Waals surface area contributed by atoms with Crippen LogP contribution < -0.4 is 5.73 Å². The molecule has 2 rings (SSSR count). The Morgan fingerprint density at radius 3 is 2.71 bits per heavy atom. The zero-order valence-electron chi connectivity index (χ0n) is 8.61. The molecule has 1 aromatic carbocycles. The minimum atomic E-state index is -0.384. The third-order valence-electron chi connectivity index (χ3n) is 2.25. The lowest BCUT2D eigenvalue weighted by Crippen LogP contribution is -1.97. The van der Waals surface area contributed by atoms with E-state index in [1.807, 2.05) is 6.07 Å². The van der Waals surface area contributed by atoms with Gasteiger partial charge >= 0.3 is 0 Å². The summed E-state index contributed by atoms with van der Waals surface area (Å²) < 4.78 is 14.4. The minimum absolute atomic E-state index is 0.101. The summed E-state index contributed by atoms with van der Waals surface area (Å²) in [5.41, 5.74) is 6.62. The van der Waals surface area contributed by atoms with E-state index in [2.05, 4.69) is 20.9 Å². The quantitative estimate of drug-likeness (QED) is 0.878. The maximum absolute atomic E-state index is 13.6. The van der Waals surface area contributed by atoms with E-state index in [-0.39, 0.29) is 17.2 Å². The van der Waals surface area contributed by atoms with Crippen molar-refractivity contribution in [2.75, 3.05) is 5.73 Å². The molecule has 0 aliphatic heterocycles. The van der Waals surface area contributed by atoms with Crippen molar-refractivity contribution in [1.29, 1.82) is 5.26 Å². The molecule has 3 nitrogen and oxygen atoms in total. The molecule has 0 unspecified atom stereocenters. The molecule has 0 aliphatic carbocycles. The molecule has 17 heavy (non-hydrogen) atoms. The highest BCUT2D eigenvalue weighted by atomic mass is 79.9. The zero-order valence-corrected chi connectivity index (χ0v) is 10.2. The van der Waals surface area contributed by atoms with Crippen LogP contribution in [0.15, 0.2) is 34.8 Å². The molecule has 1 aromatic heterocycles. The Morgan fingerprint density at radius 1 is 1.29 bits per heavy atom. The Hall–Kier alpha value is -1.93. The SMILES string of the molecule is N#Cc1ccc(-c2cc(Br)ccc2F)nc1N. The first-order valence-electron chi connectivity index (χ1n) is 4.74. The number of anilines is 1. The topological polar surface area (TPSA) is 62.7 Å². The predicted molar refractivity (Wildman–Crippen MR) is 66.5 cm³/mol. The molecule has 0 saturated carbocycles. The van der Waals surface area contributed by atoms with Gasteiger partial charge in [-0.1, -0.05) is 15.9 Å². The largest absolute Gasteiger partial charge is 0.383 e. The first kappa shape index (κ1) is 11.6. The van der Waals surface area contributed by atoms with Crippen molar-refractivity contribution in [3.8, 4) is 17.3 Å². The third-order valence-corrected chi connectivity index (χ3v) is 2.74. The first-order valence-corrected chi connectivity index (χ1v) is 5.53. The number of nitrogens with zero attached hydrogens (tertiary/aromatic N) is 2. The van der Waals surface area contributed by atoms with E-state index in [1.54, 1.807) is 18.2 Å². The van der Waals surface area contributed by atoms with E-state index >= 15 is 0 Å². The summed E-state index contributed by atoms with van der Waals surface area (Å²) in [6.45, 7) is 0. The summed E-state index contributed by atoms with van der Waals surface area (Å²) in [5, 5.41) is 8.73. The van der Waals surface area contributed by atoms with Gasteiger partial charge in [-0.05, 0) is 30.3 Å². The first-order chi connectivity index (χ1) is 8.11. The third kappa shape index (κ3) is 2.27. The molecular formula is C12H7BrFN3. The highest BCUT2D eigenvalue weighted by molar-refractivity contribution is 9.10. The van der Waals surface area contributed by atoms with Gasteiger partial charge in [-0.3, -0.25) is 0 Å². The monoisotopic (exact) mass is 291 g/mol. The lowest BCUT2D eigenvalue weighted by Gasteiger charge is -2.05. The second-order valence-corrected chi connectivity index (χ2v) is 4.28. The Balaban J connectivity index is 2.58. The van der Waals surface area contributed by atoms with Crippen molar-refractivity contribution in [1.82, 2.24) is 4.98 Å². The van der Waals surface area contributed by atoms with Crippen LogP contribution in [-0.4, -0.2) is 4.98 Å². The molecule has 2 N–H and O–H groups in total. The van der Waals surface area contributed by atoms with Gasteiger partial charge < -0.3 is 5.73 Å². The number of nitriles is 1. The summed E-state index contributed by atoms with van der Waals surface area (Å²) in [6, 6.07) is 9.56. The second-order valence-electron chi connectivity index (χ2n) is 3.37. The fourth-order valence-electron chi connectivity index (χ4n) is 1.41. The highest BCUT2D eigenvalue weighted by Crippen LogP contribution is 2.26. The van der Waals surface area contributed by atoms with Gasteiger partial charge in [0.25, 0.3) is 0 Å². The Kier molecular flexibility index (Phi) is 3.07. The van der Waals surface area contributed by atoms with E-state index in [0.29, 0.717) is 11.3 Å². The normalized spacial score (nSPS) is 9.94. The number of hydrogen-bond donors (Lipinski definition) is 1. The van der Waals surface area contributed by atoms with E-state index < -0.39 is 0 Å². The van der Waals surface area contributed by atoms with Crippen molar-refractivity contribution in [2.24, 2.45) is 0 Å². The summed E-state index contributed by atoms with van der Waals surface area (Å²) in [4.78, 5) is 4.01. The Morgan fingerprint density at radius 2 is 2.06 bits per heavy atom. The molecule has 1 heterocycles. The van der Waals surface area contributed by atoms with E-state index in [0.717, 1.165) is 4.47 Å². The van der Waals surface area contributed by atoms with Crippen LogP contribution in [0, 0.1) is 17.1 Å². The van der Waals surface area contributed by atoms with Crippen LogP contribution in [0.4, 0.5) is 10.2 Å². The van der Waals surface area contributed by atoms with Gasteiger partial charge in [0.1, 0.15) is 17.7 Å². The molecule has 0 fully saturated rings. The van der Waals surface area contributed by atoms with Crippen molar-refractivity contribution >= 4 is 21.7 Å². The number of benzene rings is 1. The van der Waals surface area contributed by atoms with E-state index in [9.17, 15) is 4.39 Å². The van der Waals surface area contributed by atoms with Crippen molar-refractivity contribution in [3.63, 3.8) is 0 Å². The van der Waals surface area contributed by atoms with Crippen molar-refractivity contribution < 1.29 is 4.39 Å². The summed E-state index contributed by atoms with van der Waals surface area (Å²) >= 11 is 3.26. The molecule has 84 valence electrons. The molecule has 5 heteroatoms. The zero-order chi connectivity index (χ0) is 12.4. The van der Waals surface area contributed by atoms with Crippen LogP contribution in [0.25, 0.3) is 11.3 Å². The minimum Gasteiger partial charge on any atom is -0.383 e. The number of aromatic nitrogens is 1. The van der Waals surface area contributed by atoms with Crippen LogP contribution in [0.3, 0.4) is 0 Å². The van der Waals surface area contributed by atoms with Crippen molar-refractivity contribution in [3.05, 3.63) is 46.2 Å². The van der Waals surface area contributed by atoms with E-state index in [1.165, 1.54) is 12.1 Å². The highest BCUT2D eigenvalue weighted by Gasteiger charge is 2.09. The summed E-state index contributed by atoms with van der Waals surface area (Å²) in [5.74, 6) is -0.283. The number of pyridine rings is 1. The fourth-order valence-corrected chi connectivity index (χ4v) is 1.77. The average Bonchev–Trinajstić information content (AvgIpc) is 2.32. The fraction of sp³-hybridized carbons (Fsp3) is 0. The molecule has 2 aromatic rings. The van der Waals surface area contributed by atoms with Crippen LogP contribution in [0.2, 0.25) is 0 Å². The summed E-state index contributed by atoms with van der Waals surface area (Å²) in [7, 11) is 0. The number of halogens is 2. The molecule has 0 spiro atoms. The molecular weight excluding hydrogens is 285 g/mol. The molecule has 0 bridgehead atoms. The van der Waals surface area contributed by atoms with Gasteiger partial charge in [-0.2, -0.15) is 5.26 Å². The average molecular weight is 292 g/mol. The second kappa shape index (κ2) is 4.52. The van der Waals surface area contributed by atoms with Crippen LogP contribution >= 0.6 is 15.9 Å². The molecule has 0 aliphatic rings. The summed E-state index contributed by atoms with van der Waals surface area (Å²) in [6.07, 6.45) is 0. The standard InChI is InChI=1S/C12H7BrFN3/c13-8-2-3-10(14)9(5-8)11-4-1-7(6-15)12(16)17-11/h1-5H,(H2,16,17). The lowest BCUT2D eigenvalue weighted by atomic mass is 10.1. The van der Waals surface area contributed by atoms with Gasteiger partial charge in [-0.15, -0.1) is 0 Å². The van der Waals surface area contributed by atoms with Gasteiger partial charge in [0.15, 0.2) is 0 Å². The number of hydrogen-bond acceptors (Lipinski definition) is 3. The molecule has 0 atom stereocenters. The van der Waals surface area contributed by atoms with Crippen LogP contribution in [-0.2, 0) is 0 Å². The smallest absolute Gasteiger partial charge is 0.142 e. The van der Waals surface area contributed by atoms with Gasteiger partial charge in [0, 0.05) is 10.0 Å². The molecule has 0 amide bonds. The Bertz CT molecular complexity index is 620. The van der Waals surface area contributed by atoms with Crippen LogP contribution in [0.1, 0.15) is 5.56 Å². The van der Waals surface area contributed by atoms with Crippen molar-refractivity contribution in [2.45, 2.75) is 0 Å².